The Morgan fingerprint density at radius 1 is 1.23 bits per heavy atom. The molecule has 0 aliphatic carbocycles. The van der Waals surface area contributed by atoms with Gasteiger partial charge in [-0.2, -0.15) is 0 Å². The van der Waals surface area contributed by atoms with E-state index in [1.165, 1.54) is 0 Å². The lowest BCUT2D eigenvalue weighted by atomic mass is 10.1. The summed E-state index contributed by atoms with van der Waals surface area (Å²) in [6, 6.07) is 14.7. The van der Waals surface area contributed by atoms with Crippen molar-refractivity contribution in [2.24, 2.45) is 0 Å². The molecule has 7 heteroatoms. The van der Waals surface area contributed by atoms with Gasteiger partial charge in [0.05, 0.1) is 13.3 Å². The molecule has 1 aliphatic rings. The van der Waals surface area contributed by atoms with Crippen LogP contribution in [0.25, 0.3) is 0 Å². The van der Waals surface area contributed by atoms with Crippen molar-refractivity contribution >= 4 is 17.5 Å². The lowest BCUT2D eigenvalue weighted by molar-refractivity contribution is -0.134. The molecule has 156 valence electrons. The summed E-state index contributed by atoms with van der Waals surface area (Å²) in [6.07, 6.45) is 4.07. The zero-order valence-electron chi connectivity index (χ0n) is 16.7. The number of methoxy groups -OCH3 is 1. The molecule has 0 N–H and O–H groups in total. The van der Waals surface area contributed by atoms with Crippen LogP contribution in [-0.2, 0) is 11.2 Å². The van der Waals surface area contributed by atoms with Crippen LogP contribution in [0.1, 0.15) is 36.1 Å². The number of hydrogen-bond donors (Lipinski definition) is 0. The molecule has 1 saturated heterocycles. The van der Waals surface area contributed by atoms with E-state index in [2.05, 4.69) is 4.98 Å². The highest BCUT2D eigenvalue weighted by atomic mass is 35.5. The van der Waals surface area contributed by atoms with Gasteiger partial charge < -0.3 is 18.8 Å². The van der Waals surface area contributed by atoms with Crippen molar-refractivity contribution in [1.29, 1.82) is 0 Å². The van der Waals surface area contributed by atoms with Crippen molar-refractivity contribution < 1.29 is 18.7 Å². The van der Waals surface area contributed by atoms with E-state index in [9.17, 15) is 4.79 Å². The zero-order chi connectivity index (χ0) is 20.9. The Kier molecular flexibility index (Phi) is 6.23. The van der Waals surface area contributed by atoms with Crippen molar-refractivity contribution in [1.82, 2.24) is 9.88 Å². The van der Waals surface area contributed by atoms with E-state index in [4.69, 9.17) is 25.5 Å². The van der Waals surface area contributed by atoms with E-state index in [0.717, 1.165) is 29.9 Å². The number of nitrogens with zero attached hydrogens (tertiary/aromatic N) is 2. The van der Waals surface area contributed by atoms with Gasteiger partial charge >= 0.3 is 0 Å². The number of likely N-dealkylation sites (tertiary alicyclic amines) is 1. The van der Waals surface area contributed by atoms with Gasteiger partial charge in [0.2, 0.25) is 5.89 Å². The number of carbonyl (C=O) groups excluding carboxylic acids is 1. The van der Waals surface area contributed by atoms with E-state index in [-0.39, 0.29) is 18.6 Å². The van der Waals surface area contributed by atoms with Crippen molar-refractivity contribution in [3.8, 4) is 11.5 Å². The van der Waals surface area contributed by atoms with Crippen LogP contribution in [0.4, 0.5) is 0 Å². The van der Waals surface area contributed by atoms with E-state index in [1.807, 2.05) is 24.3 Å². The molecule has 0 spiro atoms. The summed E-state index contributed by atoms with van der Waals surface area (Å²) in [5.74, 6) is 2.61. The molecular formula is C23H23ClN2O4. The van der Waals surface area contributed by atoms with Gasteiger partial charge in [0, 0.05) is 18.0 Å². The number of amides is 1. The van der Waals surface area contributed by atoms with Crippen molar-refractivity contribution in [3.63, 3.8) is 0 Å². The number of rotatable bonds is 7. The second-order valence-electron chi connectivity index (χ2n) is 7.18. The average molecular weight is 427 g/mol. The first-order valence-electron chi connectivity index (χ1n) is 9.88. The largest absolute Gasteiger partial charge is 0.497 e. The number of halogens is 1. The standard InChI is InChI=1S/C23H23ClN2O4/c1-28-18-7-9-19(10-8-18)29-15-22(27)26-11-3-6-21(26)23-25-14-20(30-23)13-16-4-2-5-17(24)12-16/h2,4-5,7-10,12,14,21H,3,6,11,13,15H2,1H3. The van der Waals surface area contributed by atoms with Crippen LogP contribution in [0.2, 0.25) is 5.02 Å². The molecule has 1 unspecified atom stereocenters. The van der Waals surface area contributed by atoms with Crippen LogP contribution in [0, 0.1) is 0 Å². The molecule has 2 heterocycles. The Bertz CT molecular complexity index is 1000. The van der Waals surface area contributed by atoms with Gasteiger partial charge in [0.25, 0.3) is 5.91 Å². The zero-order valence-corrected chi connectivity index (χ0v) is 17.5. The smallest absolute Gasteiger partial charge is 0.261 e. The fourth-order valence-electron chi connectivity index (χ4n) is 3.63. The number of aromatic nitrogens is 1. The first kappa shape index (κ1) is 20.3. The monoisotopic (exact) mass is 426 g/mol. The predicted molar refractivity (Wildman–Crippen MR) is 113 cm³/mol. The van der Waals surface area contributed by atoms with Crippen LogP contribution < -0.4 is 9.47 Å². The Balaban J connectivity index is 1.38. The quantitative estimate of drug-likeness (QED) is 0.549. The fourth-order valence-corrected chi connectivity index (χ4v) is 3.84. The fraction of sp³-hybridized carbons (Fsp3) is 0.304. The maximum Gasteiger partial charge on any atom is 0.261 e. The molecule has 1 amide bonds. The summed E-state index contributed by atoms with van der Waals surface area (Å²) in [5, 5.41) is 0.691. The second kappa shape index (κ2) is 9.22. The lowest BCUT2D eigenvalue weighted by Crippen LogP contribution is -2.34. The Morgan fingerprint density at radius 3 is 2.80 bits per heavy atom. The van der Waals surface area contributed by atoms with E-state index < -0.39 is 0 Å². The minimum absolute atomic E-state index is 0.0289. The summed E-state index contributed by atoms with van der Waals surface area (Å²) in [4.78, 5) is 19.0. The molecular weight excluding hydrogens is 404 g/mol. The molecule has 3 aromatic rings. The Labute approximate surface area is 180 Å². The molecule has 0 radical (unpaired) electrons. The SMILES string of the molecule is COc1ccc(OCC(=O)N2CCCC2c2ncc(Cc3cccc(Cl)c3)o2)cc1. The van der Waals surface area contributed by atoms with Gasteiger partial charge in [-0.15, -0.1) is 0 Å². The van der Waals surface area contributed by atoms with Crippen molar-refractivity contribution in [2.75, 3.05) is 20.3 Å². The molecule has 0 saturated carbocycles. The molecule has 1 aliphatic heterocycles. The molecule has 6 nitrogen and oxygen atoms in total. The van der Waals surface area contributed by atoms with E-state index in [0.29, 0.717) is 29.6 Å². The normalized spacial score (nSPS) is 15.9. The van der Waals surface area contributed by atoms with Crippen molar-refractivity contribution in [2.45, 2.75) is 25.3 Å². The van der Waals surface area contributed by atoms with E-state index in [1.54, 1.807) is 42.5 Å². The Hall–Kier alpha value is -2.99. The second-order valence-corrected chi connectivity index (χ2v) is 7.62. The van der Waals surface area contributed by atoms with Crippen LogP contribution >= 0.6 is 11.6 Å². The van der Waals surface area contributed by atoms with Gasteiger partial charge in [-0.05, 0) is 54.8 Å². The van der Waals surface area contributed by atoms with Gasteiger partial charge in [0.15, 0.2) is 6.61 Å². The van der Waals surface area contributed by atoms with Crippen LogP contribution in [0.3, 0.4) is 0 Å². The third-order valence-electron chi connectivity index (χ3n) is 5.12. The lowest BCUT2D eigenvalue weighted by Gasteiger charge is -2.22. The molecule has 1 atom stereocenters. The molecule has 2 aromatic carbocycles. The average Bonchev–Trinajstić information content (AvgIpc) is 3.42. The third-order valence-corrected chi connectivity index (χ3v) is 5.35. The predicted octanol–water partition coefficient (Wildman–Crippen LogP) is 4.67. The van der Waals surface area contributed by atoms with E-state index >= 15 is 0 Å². The number of carbonyl (C=O) groups is 1. The molecule has 4 rings (SSSR count). The maximum absolute atomic E-state index is 12.8. The van der Waals surface area contributed by atoms with Crippen LogP contribution in [0.15, 0.2) is 59.1 Å². The third kappa shape index (κ3) is 4.76. The minimum Gasteiger partial charge on any atom is -0.497 e. The van der Waals surface area contributed by atoms with Gasteiger partial charge in [0.1, 0.15) is 23.3 Å². The van der Waals surface area contributed by atoms with Gasteiger partial charge in [-0.25, -0.2) is 4.98 Å². The topological polar surface area (TPSA) is 64.8 Å². The number of benzene rings is 2. The summed E-state index contributed by atoms with van der Waals surface area (Å²) in [6.45, 7) is 0.639. The Morgan fingerprint density at radius 2 is 2.03 bits per heavy atom. The highest BCUT2D eigenvalue weighted by Gasteiger charge is 2.33. The van der Waals surface area contributed by atoms with Crippen LogP contribution in [-0.4, -0.2) is 36.1 Å². The maximum atomic E-state index is 12.8. The minimum atomic E-state index is -0.162. The first-order valence-corrected chi connectivity index (χ1v) is 10.3. The molecule has 1 aromatic heterocycles. The van der Waals surface area contributed by atoms with Gasteiger partial charge in [-0.3, -0.25) is 4.79 Å². The summed E-state index contributed by atoms with van der Waals surface area (Å²) in [5.41, 5.74) is 1.05. The highest BCUT2D eigenvalue weighted by molar-refractivity contribution is 6.30. The number of hydrogen-bond acceptors (Lipinski definition) is 5. The van der Waals surface area contributed by atoms with Crippen molar-refractivity contribution in [3.05, 3.63) is 77.0 Å². The molecule has 30 heavy (non-hydrogen) atoms. The molecule has 1 fully saturated rings. The summed E-state index contributed by atoms with van der Waals surface area (Å²) < 4.78 is 16.8. The molecule has 0 bridgehead atoms. The first-order chi connectivity index (χ1) is 14.6. The number of ether oxygens (including phenoxy) is 2. The number of oxazole rings is 1. The van der Waals surface area contributed by atoms with Crippen LogP contribution in [0.5, 0.6) is 11.5 Å². The summed E-state index contributed by atoms with van der Waals surface area (Å²) in [7, 11) is 1.61. The van der Waals surface area contributed by atoms with Gasteiger partial charge in [-0.1, -0.05) is 23.7 Å². The highest BCUT2D eigenvalue weighted by Crippen LogP contribution is 2.32. The summed E-state index contributed by atoms with van der Waals surface area (Å²) >= 11 is 6.05.